The van der Waals surface area contributed by atoms with Gasteiger partial charge in [0, 0.05) is 11.7 Å². The first kappa shape index (κ1) is 6.93. The van der Waals surface area contributed by atoms with Crippen LogP contribution >= 0.6 is 11.8 Å². The van der Waals surface area contributed by atoms with Gasteiger partial charge in [-0.25, -0.2) is 0 Å². The van der Waals surface area contributed by atoms with Crippen LogP contribution in [0.1, 0.15) is 19.3 Å². The highest BCUT2D eigenvalue weighted by Gasteiger charge is 2.16. The Balaban J connectivity index is 2.19. The fourth-order valence-electron chi connectivity index (χ4n) is 1.03. The SMILES string of the molecule is NC(=O)CC1CCCS1. The smallest absolute Gasteiger partial charge is 0.218 e. The molecule has 0 aromatic rings. The summed E-state index contributed by atoms with van der Waals surface area (Å²) in [5.74, 6) is 1.05. The number of carbonyl (C=O) groups is 1. The van der Waals surface area contributed by atoms with E-state index < -0.39 is 0 Å². The Morgan fingerprint density at radius 3 is 3.00 bits per heavy atom. The maximum Gasteiger partial charge on any atom is 0.218 e. The highest BCUT2D eigenvalue weighted by atomic mass is 32.2. The molecule has 3 heteroatoms. The largest absolute Gasteiger partial charge is 0.370 e. The van der Waals surface area contributed by atoms with Crippen molar-refractivity contribution in [1.82, 2.24) is 0 Å². The zero-order valence-corrected chi connectivity index (χ0v) is 6.12. The average Bonchev–Trinajstić information content (AvgIpc) is 2.15. The van der Waals surface area contributed by atoms with Crippen LogP contribution in [0.2, 0.25) is 0 Å². The van der Waals surface area contributed by atoms with Gasteiger partial charge < -0.3 is 5.73 Å². The standard InChI is InChI=1S/C6H11NOS/c7-6(8)4-5-2-1-3-9-5/h5H,1-4H2,(H2,7,8). The first-order valence-electron chi connectivity index (χ1n) is 3.19. The number of amides is 1. The number of thioether (sulfide) groups is 1. The van der Waals surface area contributed by atoms with Crippen molar-refractivity contribution in [2.24, 2.45) is 5.73 Å². The number of hydrogen-bond donors (Lipinski definition) is 1. The molecule has 1 saturated heterocycles. The fraction of sp³-hybridized carbons (Fsp3) is 0.833. The van der Waals surface area contributed by atoms with Gasteiger partial charge in [0.2, 0.25) is 5.91 Å². The zero-order chi connectivity index (χ0) is 6.69. The number of hydrogen-bond acceptors (Lipinski definition) is 2. The van der Waals surface area contributed by atoms with Gasteiger partial charge in [0.1, 0.15) is 0 Å². The van der Waals surface area contributed by atoms with Gasteiger partial charge in [0.25, 0.3) is 0 Å². The second-order valence-electron chi connectivity index (χ2n) is 2.31. The summed E-state index contributed by atoms with van der Waals surface area (Å²) in [5.41, 5.74) is 5.02. The minimum absolute atomic E-state index is 0.158. The Labute approximate surface area is 59.2 Å². The summed E-state index contributed by atoms with van der Waals surface area (Å²) in [7, 11) is 0. The lowest BCUT2D eigenvalue weighted by atomic mass is 10.2. The van der Waals surface area contributed by atoms with Crippen LogP contribution in [0.3, 0.4) is 0 Å². The van der Waals surface area contributed by atoms with Crippen LogP contribution in [-0.2, 0) is 4.79 Å². The van der Waals surface area contributed by atoms with E-state index >= 15 is 0 Å². The molecule has 2 nitrogen and oxygen atoms in total. The summed E-state index contributed by atoms with van der Waals surface area (Å²) in [5, 5.41) is 0.530. The molecular formula is C6H11NOS. The van der Waals surface area contributed by atoms with Crippen molar-refractivity contribution in [2.75, 3.05) is 5.75 Å². The zero-order valence-electron chi connectivity index (χ0n) is 5.30. The molecule has 1 aliphatic heterocycles. The molecule has 0 bridgehead atoms. The second kappa shape index (κ2) is 3.11. The molecule has 1 atom stereocenters. The maximum atomic E-state index is 10.4. The van der Waals surface area contributed by atoms with Crippen LogP contribution in [0.4, 0.5) is 0 Å². The van der Waals surface area contributed by atoms with Gasteiger partial charge in [-0.3, -0.25) is 4.79 Å². The van der Waals surface area contributed by atoms with E-state index in [-0.39, 0.29) is 5.91 Å². The van der Waals surface area contributed by atoms with E-state index in [0.717, 1.165) is 0 Å². The summed E-state index contributed by atoms with van der Waals surface area (Å²) >= 11 is 1.87. The minimum atomic E-state index is -0.158. The normalized spacial score (nSPS) is 26.4. The van der Waals surface area contributed by atoms with Crippen LogP contribution in [0.5, 0.6) is 0 Å². The van der Waals surface area contributed by atoms with E-state index in [4.69, 9.17) is 5.73 Å². The van der Waals surface area contributed by atoms with E-state index in [2.05, 4.69) is 0 Å². The molecule has 0 saturated carbocycles. The molecule has 2 N–H and O–H groups in total. The van der Waals surface area contributed by atoms with E-state index in [9.17, 15) is 4.79 Å². The molecule has 0 radical (unpaired) electrons. The molecule has 1 aliphatic rings. The lowest BCUT2D eigenvalue weighted by Gasteiger charge is -2.02. The second-order valence-corrected chi connectivity index (χ2v) is 3.71. The number of rotatable bonds is 2. The first-order valence-corrected chi connectivity index (χ1v) is 4.24. The van der Waals surface area contributed by atoms with Crippen molar-refractivity contribution in [3.8, 4) is 0 Å². The van der Waals surface area contributed by atoms with Gasteiger partial charge in [-0.2, -0.15) is 11.8 Å². The van der Waals surface area contributed by atoms with Crippen molar-refractivity contribution in [3.63, 3.8) is 0 Å². The molecule has 1 rings (SSSR count). The van der Waals surface area contributed by atoms with Crippen LogP contribution in [0, 0.1) is 0 Å². The molecule has 0 aliphatic carbocycles. The molecule has 0 aromatic heterocycles. The van der Waals surface area contributed by atoms with Crippen molar-refractivity contribution < 1.29 is 4.79 Å². The predicted octanol–water partition coefficient (Wildman–Crippen LogP) is 0.757. The lowest BCUT2D eigenvalue weighted by Crippen LogP contribution is -2.15. The molecule has 0 spiro atoms. The van der Waals surface area contributed by atoms with E-state index in [0.29, 0.717) is 11.7 Å². The molecule has 0 aromatic carbocycles. The number of nitrogens with two attached hydrogens (primary N) is 1. The number of carbonyl (C=O) groups excluding carboxylic acids is 1. The summed E-state index contributed by atoms with van der Waals surface area (Å²) in [4.78, 5) is 10.4. The average molecular weight is 145 g/mol. The molecule has 9 heavy (non-hydrogen) atoms. The number of primary amides is 1. The molecule has 1 fully saturated rings. The van der Waals surface area contributed by atoms with Gasteiger partial charge in [0.15, 0.2) is 0 Å². The monoisotopic (exact) mass is 145 g/mol. The van der Waals surface area contributed by atoms with Crippen molar-refractivity contribution in [1.29, 1.82) is 0 Å². The maximum absolute atomic E-state index is 10.4. The Morgan fingerprint density at radius 2 is 2.56 bits per heavy atom. The third kappa shape index (κ3) is 2.26. The van der Waals surface area contributed by atoms with Crippen molar-refractivity contribution >= 4 is 17.7 Å². The van der Waals surface area contributed by atoms with Gasteiger partial charge in [0.05, 0.1) is 0 Å². The highest BCUT2D eigenvalue weighted by Crippen LogP contribution is 2.27. The summed E-state index contributed by atoms with van der Waals surface area (Å²) in [6, 6.07) is 0. The molecule has 1 heterocycles. The highest BCUT2D eigenvalue weighted by molar-refractivity contribution is 8.00. The Kier molecular flexibility index (Phi) is 2.39. The fourth-order valence-corrected chi connectivity index (χ4v) is 2.31. The molecule has 1 unspecified atom stereocenters. The van der Waals surface area contributed by atoms with E-state index in [1.165, 1.54) is 18.6 Å². The summed E-state index contributed by atoms with van der Waals surface area (Å²) in [6.45, 7) is 0. The van der Waals surface area contributed by atoms with Gasteiger partial charge in [-0.1, -0.05) is 0 Å². The Bertz CT molecular complexity index is 110. The third-order valence-corrected chi connectivity index (χ3v) is 2.85. The molecular weight excluding hydrogens is 134 g/mol. The minimum Gasteiger partial charge on any atom is -0.370 e. The first-order chi connectivity index (χ1) is 4.29. The summed E-state index contributed by atoms with van der Waals surface area (Å²) in [6.07, 6.45) is 3.00. The van der Waals surface area contributed by atoms with Crippen molar-refractivity contribution in [2.45, 2.75) is 24.5 Å². The van der Waals surface area contributed by atoms with Crippen LogP contribution in [0.25, 0.3) is 0 Å². The lowest BCUT2D eigenvalue weighted by molar-refractivity contribution is -0.118. The topological polar surface area (TPSA) is 43.1 Å². The van der Waals surface area contributed by atoms with Gasteiger partial charge in [-0.15, -0.1) is 0 Å². The van der Waals surface area contributed by atoms with Crippen LogP contribution in [-0.4, -0.2) is 16.9 Å². The molecule has 1 amide bonds. The third-order valence-electron chi connectivity index (χ3n) is 1.45. The van der Waals surface area contributed by atoms with E-state index in [1.807, 2.05) is 11.8 Å². The molecule has 52 valence electrons. The van der Waals surface area contributed by atoms with E-state index in [1.54, 1.807) is 0 Å². The quantitative estimate of drug-likeness (QED) is 0.623. The summed E-state index contributed by atoms with van der Waals surface area (Å²) < 4.78 is 0. The van der Waals surface area contributed by atoms with Crippen molar-refractivity contribution in [3.05, 3.63) is 0 Å². The Hall–Kier alpha value is -0.180. The van der Waals surface area contributed by atoms with Gasteiger partial charge in [-0.05, 0) is 18.6 Å². The van der Waals surface area contributed by atoms with Crippen LogP contribution < -0.4 is 5.73 Å². The van der Waals surface area contributed by atoms with Gasteiger partial charge >= 0.3 is 0 Å². The van der Waals surface area contributed by atoms with Crippen LogP contribution in [0.15, 0.2) is 0 Å². The predicted molar refractivity (Wildman–Crippen MR) is 39.3 cm³/mol. The Morgan fingerprint density at radius 1 is 1.78 bits per heavy atom.